The van der Waals surface area contributed by atoms with Crippen LogP contribution in [0.2, 0.25) is 0 Å². The molecule has 0 radical (unpaired) electrons. The van der Waals surface area contributed by atoms with Gasteiger partial charge in [-0.15, -0.1) is 0 Å². The first kappa shape index (κ1) is 14.7. The summed E-state index contributed by atoms with van der Waals surface area (Å²) in [4.78, 5) is 11.6. The number of nitrogens with zero attached hydrogens (tertiary/aromatic N) is 1. The van der Waals surface area contributed by atoms with Crippen LogP contribution in [-0.4, -0.2) is 27.9 Å². The van der Waals surface area contributed by atoms with Crippen LogP contribution in [0.4, 0.5) is 5.69 Å². The van der Waals surface area contributed by atoms with E-state index in [1.165, 1.54) is 10.4 Å². The Kier molecular flexibility index (Phi) is 5.80. The molecule has 0 spiro atoms. The number of benzene rings is 1. The van der Waals surface area contributed by atoms with Gasteiger partial charge in [0.15, 0.2) is 0 Å². The number of carbonyl (C=O) groups is 1. The molecule has 6 heteroatoms. The van der Waals surface area contributed by atoms with Gasteiger partial charge in [-0.2, -0.15) is 0 Å². The topological polar surface area (TPSA) is 69.7 Å². The Hall–Kier alpha value is -1.40. The first-order valence-electron chi connectivity index (χ1n) is 5.74. The van der Waals surface area contributed by atoms with Crippen molar-refractivity contribution in [2.45, 2.75) is 20.3 Å². The predicted molar refractivity (Wildman–Crippen MR) is 69.0 cm³/mol. The summed E-state index contributed by atoms with van der Waals surface area (Å²) in [6.07, 6.45) is 0.692. The van der Waals surface area contributed by atoms with Gasteiger partial charge in [-0.25, -0.2) is 4.79 Å². The average Bonchev–Trinajstić information content (AvgIpc) is 2.36. The van der Waals surface area contributed by atoms with E-state index >= 15 is 0 Å². The van der Waals surface area contributed by atoms with E-state index in [0.29, 0.717) is 24.2 Å². The lowest BCUT2D eigenvalue weighted by atomic mass is 10.2. The fourth-order valence-electron chi connectivity index (χ4n) is 1.50. The van der Waals surface area contributed by atoms with Crippen LogP contribution < -0.4 is 4.31 Å². The molecule has 1 rings (SSSR count). The second-order valence-electron chi connectivity index (χ2n) is 3.59. The summed E-state index contributed by atoms with van der Waals surface area (Å²) in [5, 5.41) is 0. The normalized spacial score (nSPS) is 11.9. The van der Waals surface area contributed by atoms with Gasteiger partial charge in [0.2, 0.25) is 0 Å². The number of rotatable bonds is 6. The fourth-order valence-corrected chi connectivity index (χ4v) is 2.11. The molecule has 0 aliphatic rings. The zero-order chi connectivity index (χ0) is 13.5. The second-order valence-corrected chi connectivity index (χ2v) is 4.47. The quantitative estimate of drug-likeness (QED) is 0.584. The molecule has 0 bridgehead atoms. The lowest BCUT2D eigenvalue weighted by molar-refractivity contribution is 0.0526. The summed E-state index contributed by atoms with van der Waals surface area (Å²) in [7, 11) is 0. The Morgan fingerprint density at radius 1 is 1.44 bits per heavy atom. The van der Waals surface area contributed by atoms with Gasteiger partial charge < -0.3 is 13.6 Å². The molecule has 0 heterocycles. The molecule has 18 heavy (non-hydrogen) atoms. The average molecular weight is 270 g/mol. The Balaban J connectivity index is 2.99. The number of esters is 1. The second kappa shape index (κ2) is 7.13. The summed E-state index contributed by atoms with van der Waals surface area (Å²) < 4.78 is 28.3. The Morgan fingerprint density at radius 2 is 2.17 bits per heavy atom. The van der Waals surface area contributed by atoms with Gasteiger partial charge in [0.05, 0.1) is 12.2 Å². The minimum Gasteiger partial charge on any atom is -0.755 e. The lowest BCUT2D eigenvalue weighted by Crippen LogP contribution is -2.26. The monoisotopic (exact) mass is 270 g/mol. The Labute approximate surface area is 109 Å². The molecule has 0 N–H and O–H groups in total. The highest BCUT2D eigenvalue weighted by Crippen LogP contribution is 2.18. The first-order chi connectivity index (χ1) is 8.60. The number of ether oxygens (including phenoxy) is 1. The molecule has 0 fully saturated rings. The van der Waals surface area contributed by atoms with Crippen LogP contribution in [0.5, 0.6) is 0 Å². The molecule has 1 aromatic rings. The van der Waals surface area contributed by atoms with E-state index in [4.69, 9.17) is 4.74 Å². The molecule has 5 nitrogen and oxygen atoms in total. The van der Waals surface area contributed by atoms with Crippen molar-refractivity contribution in [3.05, 3.63) is 29.8 Å². The third kappa shape index (κ3) is 3.82. The van der Waals surface area contributed by atoms with Crippen molar-refractivity contribution < 1.29 is 18.3 Å². The summed E-state index contributed by atoms with van der Waals surface area (Å²) in [5.41, 5.74) is 0.816. The van der Waals surface area contributed by atoms with Gasteiger partial charge in [-0.05, 0) is 31.5 Å². The number of anilines is 1. The molecule has 1 aromatic carbocycles. The molecule has 1 unspecified atom stereocenters. The molecule has 0 aliphatic heterocycles. The van der Waals surface area contributed by atoms with Gasteiger partial charge >= 0.3 is 5.97 Å². The maximum Gasteiger partial charge on any atom is 0.338 e. The van der Waals surface area contributed by atoms with Gasteiger partial charge in [-0.1, -0.05) is 13.0 Å². The van der Waals surface area contributed by atoms with Crippen LogP contribution in [0.25, 0.3) is 0 Å². The SMILES string of the molecule is CCCN(c1cccc(C(=O)OCC)c1)S(=O)[O-]. The molecule has 0 saturated carbocycles. The molecule has 0 amide bonds. The highest BCUT2D eigenvalue weighted by atomic mass is 32.2. The van der Waals surface area contributed by atoms with Crippen molar-refractivity contribution in [1.29, 1.82) is 0 Å². The largest absolute Gasteiger partial charge is 0.755 e. The van der Waals surface area contributed by atoms with Crippen LogP contribution in [0.15, 0.2) is 24.3 Å². The number of hydrogen-bond acceptors (Lipinski definition) is 4. The first-order valence-corrected chi connectivity index (χ1v) is 6.77. The van der Waals surface area contributed by atoms with E-state index in [0.717, 1.165) is 0 Å². The molecule has 1 atom stereocenters. The van der Waals surface area contributed by atoms with Crippen molar-refractivity contribution in [3.63, 3.8) is 0 Å². The Bertz CT molecular complexity index is 436. The van der Waals surface area contributed by atoms with E-state index < -0.39 is 17.2 Å². The standard InChI is InChI=1S/C12H17NO4S/c1-3-8-13(18(15)16)11-7-5-6-10(9-11)12(14)17-4-2/h5-7,9H,3-4,8H2,1-2H3,(H,15,16)/p-1. The van der Waals surface area contributed by atoms with Crippen LogP contribution in [0.3, 0.4) is 0 Å². The zero-order valence-corrected chi connectivity index (χ0v) is 11.2. The molecule has 0 aromatic heterocycles. The Morgan fingerprint density at radius 3 is 2.72 bits per heavy atom. The molecule has 0 aliphatic carbocycles. The van der Waals surface area contributed by atoms with Gasteiger partial charge in [0.1, 0.15) is 0 Å². The third-order valence-electron chi connectivity index (χ3n) is 2.25. The van der Waals surface area contributed by atoms with E-state index in [2.05, 4.69) is 0 Å². The molecular weight excluding hydrogens is 254 g/mol. The summed E-state index contributed by atoms with van der Waals surface area (Å²) in [6.45, 7) is 4.27. The zero-order valence-electron chi connectivity index (χ0n) is 10.4. The number of carbonyl (C=O) groups excluding carboxylic acids is 1. The lowest BCUT2D eigenvalue weighted by Gasteiger charge is -2.26. The van der Waals surface area contributed by atoms with Crippen LogP contribution in [0, 0.1) is 0 Å². The highest BCUT2D eigenvalue weighted by Gasteiger charge is 2.11. The molecular formula is C12H16NO4S-. The van der Waals surface area contributed by atoms with E-state index in [9.17, 15) is 13.6 Å². The fraction of sp³-hybridized carbons (Fsp3) is 0.417. The van der Waals surface area contributed by atoms with Gasteiger partial charge in [0.25, 0.3) is 0 Å². The minimum absolute atomic E-state index is 0.287. The van der Waals surface area contributed by atoms with E-state index in [1.807, 2.05) is 6.92 Å². The molecule has 100 valence electrons. The van der Waals surface area contributed by atoms with E-state index in [-0.39, 0.29) is 6.61 Å². The smallest absolute Gasteiger partial charge is 0.338 e. The van der Waals surface area contributed by atoms with Crippen molar-refractivity contribution in [1.82, 2.24) is 0 Å². The maximum atomic E-state index is 11.6. The number of hydrogen-bond donors (Lipinski definition) is 0. The van der Waals surface area contributed by atoms with Crippen molar-refractivity contribution >= 4 is 22.9 Å². The van der Waals surface area contributed by atoms with Crippen LogP contribution >= 0.6 is 0 Å². The summed E-state index contributed by atoms with van der Waals surface area (Å²) in [6, 6.07) is 6.40. The van der Waals surface area contributed by atoms with Crippen LogP contribution in [-0.2, 0) is 16.0 Å². The minimum atomic E-state index is -2.35. The van der Waals surface area contributed by atoms with Gasteiger partial charge in [-0.3, -0.25) is 4.21 Å². The van der Waals surface area contributed by atoms with E-state index in [1.54, 1.807) is 25.1 Å². The summed E-state index contributed by atoms with van der Waals surface area (Å²) in [5.74, 6) is -0.451. The van der Waals surface area contributed by atoms with Gasteiger partial charge in [0, 0.05) is 23.5 Å². The predicted octanol–water partition coefficient (Wildman–Crippen LogP) is 1.87. The highest BCUT2D eigenvalue weighted by molar-refractivity contribution is 7.80. The van der Waals surface area contributed by atoms with Crippen molar-refractivity contribution in [2.24, 2.45) is 0 Å². The summed E-state index contributed by atoms with van der Waals surface area (Å²) >= 11 is -2.35. The maximum absolute atomic E-state index is 11.6. The van der Waals surface area contributed by atoms with Crippen molar-refractivity contribution in [2.75, 3.05) is 17.5 Å². The van der Waals surface area contributed by atoms with Crippen molar-refractivity contribution in [3.8, 4) is 0 Å². The molecule has 0 saturated heterocycles. The third-order valence-corrected chi connectivity index (χ3v) is 3.01. The van der Waals surface area contributed by atoms with Crippen LogP contribution in [0.1, 0.15) is 30.6 Å².